The number of nitrogens with one attached hydrogen (secondary N) is 2. The molecule has 0 aliphatic carbocycles. The molecule has 2 amide bonds. The second-order valence-electron chi connectivity index (χ2n) is 6.75. The molecular weight excluding hydrogens is 400 g/mol. The molecule has 2 aromatic rings. The Balaban J connectivity index is 1.51. The van der Waals surface area contributed by atoms with Crippen LogP contribution in [0.3, 0.4) is 0 Å². The van der Waals surface area contributed by atoms with Gasteiger partial charge in [0.05, 0.1) is 13.2 Å². The maximum Gasteiger partial charge on any atom is 0.246 e. The Labute approximate surface area is 181 Å². The minimum atomic E-state index is -0.173. The summed E-state index contributed by atoms with van der Waals surface area (Å²) in [6.07, 6.45) is 0.923. The SMILES string of the molecule is C=C(C)C(=O)NCCCNC(=O)CCOCCOc1ccc(-c2nnc(C)nn2)cc1. The molecule has 0 spiro atoms. The Morgan fingerprint density at radius 3 is 2.32 bits per heavy atom. The maximum atomic E-state index is 11.7. The van der Waals surface area contributed by atoms with Crippen LogP contribution in [0.15, 0.2) is 36.4 Å². The van der Waals surface area contributed by atoms with E-state index >= 15 is 0 Å². The molecule has 0 saturated heterocycles. The molecule has 1 aromatic heterocycles. The Morgan fingerprint density at radius 2 is 1.65 bits per heavy atom. The smallest absolute Gasteiger partial charge is 0.246 e. The lowest BCUT2D eigenvalue weighted by atomic mass is 10.2. The average molecular weight is 428 g/mol. The highest BCUT2D eigenvalue weighted by molar-refractivity contribution is 5.92. The molecule has 0 aliphatic rings. The number of aromatic nitrogens is 4. The molecule has 0 radical (unpaired) electrons. The summed E-state index contributed by atoms with van der Waals surface area (Å²) < 4.78 is 11.0. The zero-order valence-corrected chi connectivity index (χ0v) is 17.9. The van der Waals surface area contributed by atoms with E-state index in [4.69, 9.17) is 9.47 Å². The van der Waals surface area contributed by atoms with Crippen LogP contribution in [-0.2, 0) is 14.3 Å². The Hall–Kier alpha value is -3.40. The highest BCUT2D eigenvalue weighted by Crippen LogP contribution is 2.18. The number of carbonyl (C=O) groups is 2. The third-order valence-electron chi connectivity index (χ3n) is 4.01. The third kappa shape index (κ3) is 9.30. The van der Waals surface area contributed by atoms with Crippen LogP contribution in [0.25, 0.3) is 11.4 Å². The molecule has 0 saturated carbocycles. The van der Waals surface area contributed by atoms with Crippen LogP contribution in [0.2, 0.25) is 0 Å². The van der Waals surface area contributed by atoms with E-state index in [-0.39, 0.29) is 18.2 Å². The summed E-state index contributed by atoms with van der Waals surface area (Å²) >= 11 is 0. The topological polar surface area (TPSA) is 128 Å². The average Bonchev–Trinajstić information content (AvgIpc) is 2.76. The van der Waals surface area contributed by atoms with Gasteiger partial charge in [-0.05, 0) is 44.5 Å². The van der Waals surface area contributed by atoms with Crippen molar-refractivity contribution in [2.24, 2.45) is 0 Å². The van der Waals surface area contributed by atoms with Gasteiger partial charge in [0.25, 0.3) is 0 Å². The normalized spacial score (nSPS) is 10.4. The molecule has 0 fully saturated rings. The number of amides is 2. The number of rotatable bonds is 13. The standard InChI is InChI=1S/C21H28N6O4/c1-15(2)21(29)23-11-4-10-22-19(28)9-12-30-13-14-31-18-7-5-17(6-8-18)20-26-24-16(3)25-27-20/h5-8H,1,4,9-14H2,2-3H3,(H,22,28)(H,23,29). The summed E-state index contributed by atoms with van der Waals surface area (Å²) in [6, 6.07) is 7.28. The minimum absolute atomic E-state index is 0.0926. The monoisotopic (exact) mass is 428 g/mol. The van der Waals surface area contributed by atoms with E-state index in [9.17, 15) is 9.59 Å². The van der Waals surface area contributed by atoms with E-state index in [0.717, 1.165) is 5.56 Å². The summed E-state index contributed by atoms with van der Waals surface area (Å²) in [7, 11) is 0. The van der Waals surface area contributed by atoms with Gasteiger partial charge in [0, 0.05) is 30.6 Å². The second-order valence-corrected chi connectivity index (χ2v) is 6.75. The van der Waals surface area contributed by atoms with Gasteiger partial charge in [-0.15, -0.1) is 20.4 Å². The van der Waals surface area contributed by atoms with Crippen molar-refractivity contribution in [3.8, 4) is 17.1 Å². The van der Waals surface area contributed by atoms with Crippen LogP contribution in [0, 0.1) is 6.92 Å². The highest BCUT2D eigenvalue weighted by Gasteiger charge is 2.04. The quantitative estimate of drug-likeness (QED) is 0.360. The summed E-state index contributed by atoms with van der Waals surface area (Å²) in [4.78, 5) is 23.0. The molecule has 1 heterocycles. The van der Waals surface area contributed by atoms with Crippen molar-refractivity contribution in [2.45, 2.75) is 26.7 Å². The molecule has 1 aromatic carbocycles. The highest BCUT2D eigenvalue weighted by atomic mass is 16.5. The van der Waals surface area contributed by atoms with Crippen molar-refractivity contribution in [1.82, 2.24) is 31.0 Å². The summed E-state index contributed by atoms with van der Waals surface area (Å²) in [6.45, 7) is 8.97. The van der Waals surface area contributed by atoms with Gasteiger partial charge in [0.2, 0.25) is 17.6 Å². The fraction of sp³-hybridized carbons (Fsp3) is 0.429. The lowest BCUT2D eigenvalue weighted by Gasteiger charge is -2.09. The van der Waals surface area contributed by atoms with E-state index < -0.39 is 0 Å². The lowest BCUT2D eigenvalue weighted by Crippen LogP contribution is -2.30. The first-order valence-electron chi connectivity index (χ1n) is 10.0. The minimum Gasteiger partial charge on any atom is -0.491 e. The first-order chi connectivity index (χ1) is 15.0. The predicted octanol–water partition coefficient (Wildman–Crippen LogP) is 1.23. The van der Waals surface area contributed by atoms with E-state index in [1.807, 2.05) is 24.3 Å². The number of benzene rings is 1. The molecule has 0 aliphatic heterocycles. The molecule has 31 heavy (non-hydrogen) atoms. The Bertz CT molecular complexity index is 855. The number of carbonyl (C=O) groups excluding carboxylic acids is 2. The van der Waals surface area contributed by atoms with Crippen molar-refractivity contribution < 1.29 is 19.1 Å². The summed E-state index contributed by atoms with van der Waals surface area (Å²) in [5, 5.41) is 21.2. The Morgan fingerprint density at radius 1 is 0.968 bits per heavy atom. The third-order valence-corrected chi connectivity index (χ3v) is 4.01. The maximum absolute atomic E-state index is 11.7. The number of hydrogen-bond acceptors (Lipinski definition) is 8. The van der Waals surface area contributed by atoms with Crippen LogP contribution in [0.5, 0.6) is 5.75 Å². The van der Waals surface area contributed by atoms with E-state index in [1.165, 1.54) is 0 Å². The van der Waals surface area contributed by atoms with Gasteiger partial charge >= 0.3 is 0 Å². The zero-order chi connectivity index (χ0) is 22.5. The van der Waals surface area contributed by atoms with Gasteiger partial charge in [-0.3, -0.25) is 9.59 Å². The molecular formula is C21H28N6O4. The van der Waals surface area contributed by atoms with Gasteiger partial charge in [-0.1, -0.05) is 6.58 Å². The number of ether oxygens (including phenoxy) is 2. The van der Waals surface area contributed by atoms with Crippen molar-refractivity contribution in [3.63, 3.8) is 0 Å². The number of aryl methyl sites for hydroxylation is 1. The van der Waals surface area contributed by atoms with E-state index in [1.54, 1.807) is 13.8 Å². The van der Waals surface area contributed by atoms with Gasteiger partial charge in [0.15, 0.2) is 5.82 Å². The van der Waals surface area contributed by atoms with Gasteiger partial charge in [-0.25, -0.2) is 0 Å². The lowest BCUT2D eigenvalue weighted by molar-refractivity contribution is -0.122. The van der Waals surface area contributed by atoms with Crippen LogP contribution in [-0.4, -0.2) is 65.1 Å². The van der Waals surface area contributed by atoms with Crippen molar-refractivity contribution in [1.29, 1.82) is 0 Å². The summed E-state index contributed by atoms with van der Waals surface area (Å²) in [5.41, 5.74) is 1.27. The molecule has 0 unspecified atom stereocenters. The molecule has 0 atom stereocenters. The molecule has 166 valence electrons. The van der Waals surface area contributed by atoms with Crippen LogP contribution in [0.1, 0.15) is 25.6 Å². The molecule has 10 heteroatoms. The zero-order valence-electron chi connectivity index (χ0n) is 17.9. The number of hydrogen-bond donors (Lipinski definition) is 2. The van der Waals surface area contributed by atoms with Crippen molar-refractivity contribution in [2.75, 3.05) is 32.9 Å². The first-order valence-corrected chi connectivity index (χ1v) is 10.0. The number of nitrogens with zero attached hydrogens (tertiary/aromatic N) is 4. The van der Waals surface area contributed by atoms with Crippen LogP contribution in [0.4, 0.5) is 0 Å². The van der Waals surface area contributed by atoms with E-state index in [0.29, 0.717) is 62.3 Å². The fourth-order valence-electron chi connectivity index (χ4n) is 2.34. The first kappa shape index (κ1) is 23.9. The Kier molecular flexibility index (Phi) is 10.0. The van der Waals surface area contributed by atoms with Gasteiger partial charge in [-0.2, -0.15) is 0 Å². The van der Waals surface area contributed by atoms with Crippen molar-refractivity contribution in [3.05, 3.63) is 42.2 Å². The summed E-state index contributed by atoms with van der Waals surface area (Å²) in [5.74, 6) is 1.40. The second kappa shape index (κ2) is 13.0. The van der Waals surface area contributed by atoms with E-state index in [2.05, 4.69) is 37.6 Å². The fourth-order valence-corrected chi connectivity index (χ4v) is 2.34. The molecule has 0 bridgehead atoms. The van der Waals surface area contributed by atoms with Crippen LogP contribution < -0.4 is 15.4 Å². The molecule has 2 N–H and O–H groups in total. The van der Waals surface area contributed by atoms with Gasteiger partial charge < -0.3 is 20.1 Å². The largest absolute Gasteiger partial charge is 0.491 e. The van der Waals surface area contributed by atoms with Gasteiger partial charge in [0.1, 0.15) is 12.4 Å². The molecule has 10 nitrogen and oxygen atoms in total. The van der Waals surface area contributed by atoms with Crippen LogP contribution >= 0.6 is 0 Å². The predicted molar refractivity (Wildman–Crippen MR) is 114 cm³/mol. The molecule has 2 rings (SSSR count). The van der Waals surface area contributed by atoms with Crippen molar-refractivity contribution >= 4 is 11.8 Å².